The summed E-state index contributed by atoms with van der Waals surface area (Å²) in [5.41, 5.74) is 2.77. The van der Waals surface area contributed by atoms with Gasteiger partial charge in [-0.1, -0.05) is 19.9 Å². The Morgan fingerprint density at radius 2 is 2.15 bits per heavy atom. The zero-order valence-electron chi connectivity index (χ0n) is 16.5. The number of amides is 1. The number of nitrogens with one attached hydrogen (secondary N) is 2. The zero-order valence-corrected chi connectivity index (χ0v) is 16.5. The van der Waals surface area contributed by atoms with Crippen LogP contribution in [0.1, 0.15) is 49.5 Å². The summed E-state index contributed by atoms with van der Waals surface area (Å²) in [7, 11) is 0. The second-order valence-electron chi connectivity index (χ2n) is 8.11. The van der Waals surface area contributed by atoms with E-state index in [9.17, 15) is 4.79 Å². The van der Waals surface area contributed by atoms with Crippen LogP contribution in [0.3, 0.4) is 0 Å². The number of rotatable bonds is 6. The van der Waals surface area contributed by atoms with E-state index in [1.165, 1.54) is 19.4 Å². The molecule has 5 heteroatoms. The van der Waals surface area contributed by atoms with Crippen LogP contribution in [-0.4, -0.2) is 55.2 Å². The highest BCUT2D eigenvalue weighted by atomic mass is 16.5. The number of morpholine rings is 1. The number of fused-ring (bicyclic) bond motifs is 1. The largest absolute Gasteiger partial charge is 0.382 e. The molecule has 0 spiro atoms. The lowest BCUT2D eigenvalue weighted by atomic mass is 10.0. The van der Waals surface area contributed by atoms with Gasteiger partial charge in [0.05, 0.1) is 12.7 Å². The second kappa shape index (κ2) is 8.40. The van der Waals surface area contributed by atoms with Crippen LogP contribution in [0.2, 0.25) is 0 Å². The molecule has 1 amide bonds. The van der Waals surface area contributed by atoms with Crippen LogP contribution in [0.25, 0.3) is 0 Å². The Morgan fingerprint density at radius 1 is 1.35 bits per heavy atom. The fraction of sp³-hybridized carbons (Fsp3) is 0.667. The van der Waals surface area contributed by atoms with Crippen molar-refractivity contribution in [2.75, 3.05) is 31.6 Å². The fourth-order valence-corrected chi connectivity index (χ4v) is 3.76. The minimum atomic E-state index is -0.0181. The molecule has 3 rings (SSSR count). The Labute approximate surface area is 157 Å². The van der Waals surface area contributed by atoms with E-state index in [0.29, 0.717) is 24.5 Å². The summed E-state index contributed by atoms with van der Waals surface area (Å²) in [5, 5.41) is 6.60. The van der Waals surface area contributed by atoms with Crippen LogP contribution in [-0.2, 0) is 4.74 Å². The minimum absolute atomic E-state index is 0.0181. The van der Waals surface area contributed by atoms with Crippen molar-refractivity contribution in [3.63, 3.8) is 0 Å². The molecule has 0 radical (unpaired) electrons. The average Bonchev–Trinajstić information content (AvgIpc) is 3.09. The maximum absolute atomic E-state index is 12.7. The van der Waals surface area contributed by atoms with E-state index < -0.39 is 0 Å². The van der Waals surface area contributed by atoms with Gasteiger partial charge < -0.3 is 15.4 Å². The number of anilines is 1. The second-order valence-corrected chi connectivity index (χ2v) is 8.11. The van der Waals surface area contributed by atoms with Crippen molar-refractivity contribution in [1.82, 2.24) is 10.2 Å². The molecule has 3 atom stereocenters. The van der Waals surface area contributed by atoms with Gasteiger partial charge in [0.15, 0.2) is 0 Å². The molecule has 0 bridgehead atoms. The minimum Gasteiger partial charge on any atom is -0.382 e. The lowest BCUT2D eigenvalue weighted by Crippen LogP contribution is -2.50. The molecule has 0 saturated carbocycles. The van der Waals surface area contributed by atoms with E-state index in [4.69, 9.17) is 4.74 Å². The molecule has 0 aromatic heterocycles. The Balaban J connectivity index is 1.57. The van der Waals surface area contributed by atoms with Crippen LogP contribution >= 0.6 is 0 Å². The summed E-state index contributed by atoms with van der Waals surface area (Å²) in [6.45, 7) is 12.0. The Hall–Kier alpha value is -1.59. The molecule has 2 fully saturated rings. The van der Waals surface area contributed by atoms with Crippen molar-refractivity contribution >= 4 is 11.6 Å². The quantitative estimate of drug-likeness (QED) is 0.820. The van der Waals surface area contributed by atoms with Gasteiger partial charge in [0.2, 0.25) is 0 Å². The molecule has 1 aromatic rings. The molecule has 144 valence electrons. The van der Waals surface area contributed by atoms with Gasteiger partial charge in [0.25, 0.3) is 5.91 Å². The molecule has 2 aliphatic rings. The van der Waals surface area contributed by atoms with Crippen molar-refractivity contribution in [3.05, 3.63) is 29.3 Å². The Kier molecular flexibility index (Phi) is 6.20. The SMILES string of the molecule is Cc1c(N[C@H](C)C(C)C)cccc1C(=O)NC[C@H]1CN2CCC[C@H]2CO1. The van der Waals surface area contributed by atoms with Crippen LogP contribution in [0.4, 0.5) is 5.69 Å². The first-order chi connectivity index (χ1) is 12.5. The number of hydrogen-bond acceptors (Lipinski definition) is 4. The lowest BCUT2D eigenvalue weighted by molar-refractivity contribution is -0.0461. The highest BCUT2D eigenvalue weighted by Gasteiger charge is 2.32. The van der Waals surface area contributed by atoms with Gasteiger partial charge in [0.1, 0.15) is 0 Å². The summed E-state index contributed by atoms with van der Waals surface area (Å²) >= 11 is 0. The van der Waals surface area contributed by atoms with Gasteiger partial charge in [-0.05, 0) is 56.8 Å². The summed E-state index contributed by atoms with van der Waals surface area (Å²) in [5.74, 6) is 0.514. The van der Waals surface area contributed by atoms with Crippen molar-refractivity contribution in [2.45, 2.75) is 58.7 Å². The van der Waals surface area contributed by atoms with E-state index in [-0.39, 0.29) is 12.0 Å². The van der Waals surface area contributed by atoms with Crippen LogP contribution in [0, 0.1) is 12.8 Å². The predicted octanol–water partition coefficient (Wildman–Crippen LogP) is 3.04. The topological polar surface area (TPSA) is 53.6 Å². The van der Waals surface area contributed by atoms with Gasteiger partial charge in [0, 0.05) is 36.4 Å². The lowest BCUT2D eigenvalue weighted by Gasteiger charge is -2.35. The zero-order chi connectivity index (χ0) is 18.7. The summed E-state index contributed by atoms with van der Waals surface area (Å²) in [4.78, 5) is 15.2. The monoisotopic (exact) mass is 359 g/mol. The summed E-state index contributed by atoms with van der Waals surface area (Å²) in [6, 6.07) is 6.84. The normalized spacial score (nSPS) is 24.3. The van der Waals surface area contributed by atoms with E-state index in [0.717, 1.165) is 30.0 Å². The van der Waals surface area contributed by atoms with Crippen LogP contribution < -0.4 is 10.6 Å². The van der Waals surface area contributed by atoms with Gasteiger partial charge in [-0.25, -0.2) is 0 Å². The smallest absolute Gasteiger partial charge is 0.251 e. The fourth-order valence-electron chi connectivity index (χ4n) is 3.76. The Morgan fingerprint density at radius 3 is 2.92 bits per heavy atom. The van der Waals surface area contributed by atoms with Crippen molar-refractivity contribution in [2.24, 2.45) is 5.92 Å². The maximum atomic E-state index is 12.7. The van der Waals surface area contributed by atoms with E-state index in [2.05, 4.69) is 36.3 Å². The number of carbonyl (C=O) groups is 1. The third kappa shape index (κ3) is 4.38. The molecule has 2 N–H and O–H groups in total. The summed E-state index contributed by atoms with van der Waals surface area (Å²) in [6.07, 6.45) is 2.60. The Bertz CT molecular complexity index is 632. The van der Waals surface area contributed by atoms with Gasteiger partial charge in [-0.3, -0.25) is 9.69 Å². The molecule has 0 unspecified atom stereocenters. The maximum Gasteiger partial charge on any atom is 0.251 e. The molecule has 0 aliphatic carbocycles. The first-order valence-corrected chi connectivity index (χ1v) is 9.95. The highest BCUT2D eigenvalue weighted by molar-refractivity contribution is 5.97. The first kappa shape index (κ1) is 19.2. The van der Waals surface area contributed by atoms with E-state index >= 15 is 0 Å². The third-order valence-corrected chi connectivity index (χ3v) is 5.91. The van der Waals surface area contributed by atoms with Crippen LogP contribution in [0.15, 0.2) is 18.2 Å². The molecular weight excluding hydrogens is 326 g/mol. The number of carbonyl (C=O) groups excluding carboxylic acids is 1. The standard InChI is InChI=1S/C21H33N3O2/c1-14(2)16(4)23-20-9-5-8-19(15(20)3)21(25)22-11-18-12-24-10-6-7-17(24)13-26-18/h5,8-9,14,16-18,23H,6-7,10-13H2,1-4H3,(H,22,25)/t16-,17+,18+/m1/s1. The molecule has 5 nitrogen and oxygen atoms in total. The van der Waals surface area contributed by atoms with E-state index in [1.807, 2.05) is 25.1 Å². The molecule has 26 heavy (non-hydrogen) atoms. The van der Waals surface area contributed by atoms with Gasteiger partial charge in [-0.15, -0.1) is 0 Å². The number of benzene rings is 1. The number of nitrogens with zero attached hydrogens (tertiary/aromatic N) is 1. The predicted molar refractivity (Wildman–Crippen MR) is 106 cm³/mol. The molecule has 2 heterocycles. The molecule has 2 aliphatic heterocycles. The number of hydrogen-bond donors (Lipinski definition) is 2. The van der Waals surface area contributed by atoms with Gasteiger partial charge in [-0.2, -0.15) is 0 Å². The van der Waals surface area contributed by atoms with Crippen molar-refractivity contribution in [1.29, 1.82) is 0 Å². The van der Waals surface area contributed by atoms with Crippen LogP contribution in [0.5, 0.6) is 0 Å². The van der Waals surface area contributed by atoms with Crippen molar-refractivity contribution in [3.8, 4) is 0 Å². The van der Waals surface area contributed by atoms with E-state index in [1.54, 1.807) is 0 Å². The van der Waals surface area contributed by atoms with Gasteiger partial charge >= 0.3 is 0 Å². The highest BCUT2D eigenvalue weighted by Crippen LogP contribution is 2.23. The van der Waals surface area contributed by atoms with Crippen molar-refractivity contribution < 1.29 is 9.53 Å². The molecule has 2 saturated heterocycles. The molecular formula is C21H33N3O2. The average molecular weight is 360 g/mol. The third-order valence-electron chi connectivity index (χ3n) is 5.91. The first-order valence-electron chi connectivity index (χ1n) is 9.95. The number of ether oxygens (including phenoxy) is 1. The molecule has 1 aromatic carbocycles. The summed E-state index contributed by atoms with van der Waals surface area (Å²) < 4.78 is 5.94.